The third kappa shape index (κ3) is 4.38. The Hall–Kier alpha value is -2.34. The second-order valence-electron chi connectivity index (χ2n) is 5.51. The average molecular weight is 488 g/mol. The highest BCUT2D eigenvalue weighted by molar-refractivity contribution is 9.10. The minimum absolute atomic E-state index is 0.000731. The fraction of sp³-hybridized carbons (Fsp3) is 0.0556. The van der Waals surface area contributed by atoms with Gasteiger partial charge in [-0.25, -0.2) is 9.67 Å². The number of halogens is 6. The standard InChI is InChI=1S/C18H8BrCl2F3N4/c19-12-3-1-10(2-4-12)9-26-16-7-13(8-25)27-28(16)17-14(20)5-11(6-15(17)21)18(22,23)24/h1-7,9H/b26-9+. The largest absolute Gasteiger partial charge is 0.416 e. The van der Waals surface area contributed by atoms with E-state index >= 15 is 0 Å². The number of aliphatic imine (C=N–C) groups is 1. The average Bonchev–Trinajstić information content (AvgIpc) is 3.03. The molecule has 3 aromatic rings. The quantitative estimate of drug-likeness (QED) is 0.391. The minimum atomic E-state index is -4.60. The van der Waals surface area contributed by atoms with Gasteiger partial charge in [0.25, 0.3) is 0 Å². The van der Waals surface area contributed by atoms with Gasteiger partial charge in [0.2, 0.25) is 0 Å². The summed E-state index contributed by atoms with van der Waals surface area (Å²) in [5.74, 6) is 0.183. The van der Waals surface area contributed by atoms with Crippen LogP contribution in [-0.4, -0.2) is 16.0 Å². The summed E-state index contributed by atoms with van der Waals surface area (Å²) in [6.07, 6.45) is -3.08. The van der Waals surface area contributed by atoms with Crippen LogP contribution < -0.4 is 0 Å². The maximum atomic E-state index is 12.9. The second-order valence-corrected chi connectivity index (χ2v) is 7.24. The van der Waals surface area contributed by atoms with Gasteiger partial charge < -0.3 is 0 Å². The summed E-state index contributed by atoms with van der Waals surface area (Å²) < 4.78 is 40.9. The lowest BCUT2D eigenvalue weighted by Crippen LogP contribution is -2.07. The first-order chi connectivity index (χ1) is 13.2. The van der Waals surface area contributed by atoms with Crippen LogP contribution in [-0.2, 0) is 6.18 Å². The predicted molar refractivity (Wildman–Crippen MR) is 105 cm³/mol. The van der Waals surface area contributed by atoms with Gasteiger partial charge in [-0.2, -0.15) is 23.5 Å². The molecule has 0 fully saturated rings. The maximum Gasteiger partial charge on any atom is 0.416 e. The Bertz CT molecular complexity index is 1080. The number of hydrogen-bond donors (Lipinski definition) is 0. The highest BCUT2D eigenvalue weighted by Gasteiger charge is 2.32. The van der Waals surface area contributed by atoms with Crippen LogP contribution in [0.25, 0.3) is 5.69 Å². The molecule has 0 bridgehead atoms. The summed E-state index contributed by atoms with van der Waals surface area (Å²) in [4.78, 5) is 4.27. The SMILES string of the molecule is N#Cc1cc(/N=C/c2ccc(Br)cc2)n(-c2c(Cl)cc(C(F)(F)F)cc2Cl)n1. The molecular weight excluding hydrogens is 480 g/mol. The van der Waals surface area contributed by atoms with E-state index in [0.29, 0.717) is 0 Å². The molecule has 0 radical (unpaired) electrons. The molecule has 1 aromatic heterocycles. The van der Waals surface area contributed by atoms with E-state index in [1.807, 2.05) is 18.2 Å². The summed E-state index contributed by atoms with van der Waals surface area (Å²) >= 11 is 15.4. The van der Waals surface area contributed by atoms with Gasteiger partial charge in [-0.1, -0.05) is 51.3 Å². The van der Waals surface area contributed by atoms with Crippen molar-refractivity contribution in [3.8, 4) is 11.8 Å². The molecule has 10 heteroatoms. The van der Waals surface area contributed by atoms with Gasteiger partial charge in [0.1, 0.15) is 11.8 Å². The zero-order valence-corrected chi connectivity index (χ0v) is 16.8. The van der Waals surface area contributed by atoms with Gasteiger partial charge in [0.15, 0.2) is 11.5 Å². The Morgan fingerprint density at radius 2 is 1.71 bits per heavy atom. The molecule has 2 aromatic carbocycles. The highest BCUT2D eigenvalue weighted by atomic mass is 79.9. The van der Waals surface area contributed by atoms with Crippen molar-refractivity contribution in [1.82, 2.24) is 9.78 Å². The molecule has 0 amide bonds. The van der Waals surface area contributed by atoms with Crippen LogP contribution in [0.1, 0.15) is 16.8 Å². The Morgan fingerprint density at radius 1 is 1.11 bits per heavy atom. The van der Waals surface area contributed by atoms with Crippen LogP contribution in [0, 0.1) is 11.3 Å². The van der Waals surface area contributed by atoms with Crippen molar-refractivity contribution in [1.29, 1.82) is 5.26 Å². The lowest BCUT2D eigenvalue weighted by atomic mass is 10.2. The number of nitriles is 1. The van der Waals surface area contributed by atoms with E-state index in [4.69, 9.17) is 28.5 Å². The summed E-state index contributed by atoms with van der Waals surface area (Å²) in [6, 6.07) is 12.0. The minimum Gasteiger partial charge on any atom is -0.236 e. The Labute approximate surface area is 176 Å². The third-order valence-electron chi connectivity index (χ3n) is 3.58. The molecule has 0 unspecified atom stereocenters. The fourth-order valence-corrected chi connectivity index (χ4v) is 3.21. The van der Waals surface area contributed by atoms with E-state index in [1.165, 1.54) is 12.3 Å². The predicted octanol–water partition coefficient (Wildman–Crippen LogP) is 6.58. The van der Waals surface area contributed by atoms with E-state index in [0.717, 1.165) is 26.9 Å². The van der Waals surface area contributed by atoms with E-state index < -0.39 is 11.7 Å². The molecule has 4 nitrogen and oxygen atoms in total. The number of alkyl halides is 3. The molecule has 0 atom stereocenters. The van der Waals surface area contributed by atoms with Crippen LogP contribution in [0.4, 0.5) is 19.0 Å². The topological polar surface area (TPSA) is 54.0 Å². The molecule has 3 rings (SSSR count). The van der Waals surface area contributed by atoms with Crippen LogP contribution in [0.5, 0.6) is 0 Å². The molecule has 0 saturated carbocycles. The van der Waals surface area contributed by atoms with Gasteiger partial charge in [-0.3, -0.25) is 0 Å². The summed E-state index contributed by atoms with van der Waals surface area (Å²) in [6.45, 7) is 0. The van der Waals surface area contributed by atoms with Crippen molar-refractivity contribution in [2.24, 2.45) is 4.99 Å². The molecule has 0 aliphatic rings. The number of benzene rings is 2. The molecule has 0 aliphatic heterocycles. The lowest BCUT2D eigenvalue weighted by molar-refractivity contribution is -0.137. The summed E-state index contributed by atoms with van der Waals surface area (Å²) in [5, 5.41) is 12.6. The zero-order valence-electron chi connectivity index (χ0n) is 13.7. The van der Waals surface area contributed by atoms with Crippen molar-refractivity contribution in [3.05, 3.63) is 73.8 Å². The molecule has 28 heavy (non-hydrogen) atoms. The van der Waals surface area contributed by atoms with Gasteiger partial charge >= 0.3 is 6.18 Å². The zero-order chi connectivity index (χ0) is 20.5. The van der Waals surface area contributed by atoms with Crippen molar-refractivity contribution in [2.45, 2.75) is 6.18 Å². The summed E-state index contributed by atoms with van der Waals surface area (Å²) in [7, 11) is 0. The van der Waals surface area contributed by atoms with Crippen LogP contribution >= 0.6 is 39.1 Å². The van der Waals surface area contributed by atoms with Crippen LogP contribution in [0.15, 0.2) is 51.9 Å². The molecule has 142 valence electrons. The van der Waals surface area contributed by atoms with Crippen LogP contribution in [0.2, 0.25) is 10.0 Å². The van der Waals surface area contributed by atoms with Gasteiger partial charge in [0, 0.05) is 16.8 Å². The lowest BCUT2D eigenvalue weighted by Gasteiger charge is -2.13. The molecular formula is C18H8BrCl2F3N4. The first-order valence-electron chi connectivity index (χ1n) is 7.55. The van der Waals surface area contributed by atoms with Gasteiger partial charge in [-0.05, 0) is 29.8 Å². The van der Waals surface area contributed by atoms with Crippen LogP contribution in [0.3, 0.4) is 0 Å². The van der Waals surface area contributed by atoms with Crippen molar-refractivity contribution in [2.75, 3.05) is 0 Å². The van der Waals surface area contributed by atoms with Gasteiger partial charge in [0.05, 0.1) is 15.6 Å². The molecule has 1 heterocycles. The number of nitrogens with zero attached hydrogens (tertiary/aromatic N) is 4. The van der Waals surface area contributed by atoms with E-state index in [1.54, 1.807) is 12.1 Å². The second kappa shape index (κ2) is 7.95. The number of aromatic nitrogens is 2. The van der Waals surface area contributed by atoms with Crippen molar-refractivity contribution >= 4 is 51.2 Å². The van der Waals surface area contributed by atoms with Crippen molar-refractivity contribution < 1.29 is 13.2 Å². The molecule has 0 saturated heterocycles. The maximum absolute atomic E-state index is 12.9. The fourth-order valence-electron chi connectivity index (χ4n) is 2.30. The smallest absolute Gasteiger partial charge is 0.236 e. The molecule has 0 spiro atoms. The molecule has 0 aliphatic carbocycles. The van der Waals surface area contributed by atoms with E-state index in [9.17, 15) is 13.2 Å². The Balaban J connectivity index is 2.09. The van der Waals surface area contributed by atoms with Gasteiger partial charge in [-0.15, -0.1) is 0 Å². The summed E-state index contributed by atoms with van der Waals surface area (Å²) in [5.41, 5.74) is -0.214. The van der Waals surface area contributed by atoms with E-state index in [-0.39, 0.29) is 27.2 Å². The first-order valence-corrected chi connectivity index (χ1v) is 9.10. The Morgan fingerprint density at radius 3 is 2.25 bits per heavy atom. The van der Waals surface area contributed by atoms with E-state index in [2.05, 4.69) is 26.0 Å². The molecule has 0 N–H and O–H groups in total. The highest BCUT2D eigenvalue weighted by Crippen LogP contribution is 2.38. The number of hydrogen-bond acceptors (Lipinski definition) is 3. The number of rotatable bonds is 3. The first kappa shape index (κ1) is 20.4. The van der Waals surface area contributed by atoms with Crippen molar-refractivity contribution in [3.63, 3.8) is 0 Å². The third-order valence-corrected chi connectivity index (χ3v) is 4.68. The Kier molecular flexibility index (Phi) is 5.79. The normalized spacial score (nSPS) is 11.8. The monoisotopic (exact) mass is 486 g/mol.